The molecule has 0 atom stereocenters. The molecule has 8 heteroatoms. The van der Waals surface area contributed by atoms with E-state index in [4.69, 9.17) is 0 Å². The first-order valence-corrected chi connectivity index (χ1v) is 10.7. The van der Waals surface area contributed by atoms with Crippen molar-refractivity contribution in [3.63, 3.8) is 0 Å². The van der Waals surface area contributed by atoms with Gasteiger partial charge >= 0.3 is 0 Å². The number of rotatable bonds is 4. The maximum absolute atomic E-state index is 12.5. The maximum Gasteiger partial charge on any atom is 0.257 e. The van der Waals surface area contributed by atoms with Crippen LogP contribution in [-0.2, 0) is 10.0 Å². The molecule has 0 unspecified atom stereocenters. The van der Waals surface area contributed by atoms with Crippen molar-refractivity contribution < 1.29 is 13.2 Å². The molecule has 0 radical (unpaired) electrons. The number of hydrogen-bond acceptors (Lipinski definition) is 5. The molecule has 0 saturated carbocycles. The van der Waals surface area contributed by atoms with E-state index in [-0.39, 0.29) is 10.8 Å². The Bertz CT molecular complexity index is 1100. The number of amides is 1. The zero-order valence-corrected chi connectivity index (χ0v) is 17.2. The monoisotopic (exact) mass is 403 g/mol. The number of fused-ring (bicyclic) bond motifs is 1. The Hall–Kier alpha value is -2.29. The second-order valence-corrected chi connectivity index (χ2v) is 10.0. The number of hydrogen-bond donors (Lipinski definition) is 2. The zero-order valence-electron chi connectivity index (χ0n) is 15.5. The van der Waals surface area contributed by atoms with Crippen LogP contribution in [0.25, 0.3) is 10.2 Å². The van der Waals surface area contributed by atoms with Crippen LogP contribution in [0, 0.1) is 6.92 Å². The molecule has 0 aliphatic carbocycles. The number of aromatic nitrogens is 1. The summed E-state index contributed by atoms with van der Waals surface area (Å²) in [5.74, 6) is -0.253. The number of nitrogens with zero attached hydrogens (tertiary/aromatic N) is 1. The van der Waals surface area contributed by atoms with Gasteiger partial charge in [-0.1, -0.05) is 29.0 Å². The Kier molecular flexibility index (Phi) is 5.07. The van der Waals surface area contributed by atoms with Gasteiger partial charge in [0.15, 0.2) is 5.13 Å². The molecule has 3 aromatic rings. The van der Waals surface area contributed by atoms with E-state index >= 15 is 0 Å². The van der Waals surface area contributed by atoms with Gasteiger partial charge in [-0.15, -0.1) is 0 Å². The van der Waals surface area contributed by atoms with Gasteiger partial charge in [0, 0.05) is 11.1 Å². The second-order valence-electron chi connectivity index (χ2n) is 7.32. The minimum atomic E-state index is -3.63. The van der Waals surface area contributed by atoms with Gasteiger partial charge in [-0.2, -0.15) is 0 Å². The lowest BCUT2D eigenvalue weighted by atomic mass is 10.1. The molecule has 2 aromatic carbocycles. The lowest BCUT2D eigenvalue weighted by Gasteiger charge is -2.20. The summed E-state index contributed by atoms with van der Waals surface area (Å²) in [5.41, 5.74) is 1.67. The first-order valence-electron chi connectivity index (χ1n) is 8.36. The molecule has 1 aromatic heterocycles. The van der Waals surface area contributed by atoms with Gasteiger partial charge in [0.25, 0.3) is 5.91 Å². The number of thiazole rings is 1. The lowest BCUT2D eigenvalue weighted by molar-refractivity contribution is 0.102. The predicted octanol–water partition coefficient (Wildman–Crippen LogP) is 3.93. The third-order valence-corrected chi connectivity index (χ3v) is 6.33. The Labute approximate surface area is 162 Å². The van der Waals surface area contributed by atoms with E-state index in [2.05, 4.69) is 15.0 Å². The molecular weight excluding hydrogens is 382 g/mol. The highest BCUT2D eigenvalue weighted by Crippen LogP contribution is 2.29. The van der Waals surface area contributed by atoms with E-state index in [1.165, 1.54) is 17.4 Å². The highest BCUT2D eigenvalue weighted by molar-refractivity contribution is 7.89. The molecule has 142 valence electrons. The largest absolute Gasteiger partial charge is 0.298 e. The Morgan fingerprint density at radius 2 is 1.74 bits per heavy atom. The first-order chi connectivity index (χ1) is 12.5. The molecule has 1 heterocycles. The van der Waals surface area contributed by atoms with Crippen LogP contribution in [0.3, 0.4) is 0 Å². The average Bonchev–Trinajstić information content (AvgIpc) is 2.94. The molecule has 0 saturated heterocycles. The van der Waals surface area contributed by atoms with Crippen LogP contribution in [-0.4, -0.2) is 24.8 Å². The van der Waals surface area contributed by atoms with Crippen LogP contribution < -0.4 is 10.0 Å². The third kappa shape index (κ3) is 4.71. The van der Waals surface area contributed by atoms with Crippen LogP contribution in [0.4, 0.5) is 5.13 Å². The van der Waals surface area contributed by atoms with Gasteiger partial charge in [0.05, 0.1) is 15.1 Å². The fourth-order valence-electron chi connectivity index (χ4n) is 2.46. The Morgan fingerprint density at radius 1 is 1.07 bits per heavy atom. The summed E-state index contributed by atoms with van der Waals surface area (Å²) in [4.78, 5) is 16.9. The minimum absolute atomic E-state index is 0.171. The van der Waals surface area contributed by atoms with E-state index in [1.54, 1.807) is 45.0 Å². The zero-order chi connectivity index (χ0) is 19.8. The predicted molar refractivity (Wildman–Crippen MR) is 109 cm³/mol. The number of anilines is 1. The normalized spacial score (nSPS) is 12.3. The van der Waals surface area contributed by atoms with Gasteiger partial charge in [-0.05, 0) is 58.0 Å². The number of nitrogens with one attached hydrogen (secondary N) is 2. The van der Waals surface area contributed by atoms with E-state index in [0.29, 0.717) is 20.9 Å². The van der Waals surface area contributed by atoms with Crippen molar-refractivity contribution in [1.82, 2.24) is 9.71 Å². The van der Waals surface area contributed by atoms with Crippen molar-refractivity contribution in [2.75, 3.05) is 5.32 Å². The van der Waals surface area contributed by atoms with Gasteiger partial charge in [-0.3, -0.25) is 10.1 Å². The first kappa shape index (κ1) is 19.5. The van der Waals surface area contributed by atoms with Gasteiger partial charge in [0.1, 0.15) is 0 Å². The summed E-state index contributed by atoms with van der Waals surface area (Å²) in [6.07, 6.45) is 0. The maximum atomic E-state index is 12.5. The van der Waals surface area contributed by atoms with E-state index in [1.807, 2.05) is 19.1 Å². The number of sulfonamides is 1. The molecule has 6 nitrogen and oxygen atoms in total. The number of benzene rings is 2. The quantitative estimate of drug-likeness (QED) is 0.691. The number of carbonyl (C=O) groups is 1. The summed E-state index contributed by atoms with van der Waals surface area (Å²) in [6, 6.07) is 12.0. The average molecular weight is 404 g/mol. The van der Waals surface area contributed by atoms with Crippen molar-refractivity contribution in [3.05, 3.63) is 53.6 Å². The topological polar surface area (TPSA) is 88.2 Å². The van der Waals surface area contributed by atoms with Crippen molar-refractivity contribution in [2.24, 2.45) is 0 Å². The Balaban J connectivity index is 1.86. The molecule has 27 heavy (non-hydrogen) atoms. The number of carbonyl (C=O) groups excluding carboxylic acids is 1. The van der Waals surface area contributed by atoms with Crippen molar-refractivity contribution >= 4 is 42.6 Å². The van der Waals surface area contributed by atoms with Crippen LogP contribution >= 0.6 is 11.3 Å². The highest BCUT2D eigenvalue weighted by Gasteiger charge is 2.22. The van der Waals surface area contributed by atoms with Crippen LogP contribution in [0.1, 0.15) is 36.7 Å². The Morgan fingerprint density at radius 3 is 2.37 bits per heavy atom. The molecule has 0 fully saturated rings. The smallest absolute Gasteiger partial charge is 0.257 e. The molecule has 2 N–H and O–H groups in total. The standard InChI is InChI=1S/C19H21N3O3S2/c1-12-5-7-13(8-6-12)17(23)21-18-20-15-10-9-14(11-16(15)26-18)27(24,25)22-19(2,3)4/h5-11,22H,1-4H3,(H,20,21,23). The SMILES string of the molecule is Cc1ccc(C(=O)Nc2nc3ccc(S(=O)(=O)NC(C)(C)C)cc3s2)cc1. The minimum Gasteiger partial charge on any atom is -0.298 e. The van der Waals surface area contributed by atoms with Gasteiger partial charge in [0.2, 0.25) is 10.0 Å². The van der Waals surface area contributed by atoms with E-state index < -0.39 is 15.6 Å². The molecule has 0 bridgehead atoms. The molecule has 0 spiro atoms. The van der Waals surface area contributed by atoms with Crippen molar-refractivity contribution in [1.29, 1.82) is 0 Å². The fourth-order valence-corrected chi connectivity index (χ4v) is 4.88. The molecule has 3 rings (SSSR count). The number of aryl methyl sites for hydroxylation is 1. The fraction of sp³-hybridized carbons (Fsp3) is 0.263. The van der Waals surface area contributed by atoms with Crippen molar-refractivity contribution in [3.8, 4) is 0 Å². The summed E-state index contributed by atoms with van der Waals surface area (Å²) < 4.78 is 28.3. The highest BCUT2D eigenvalue weighted by atomic mass is 32.2. The molecule has 1 amide bonds. The van der Waals surface area contributed by atoms with Crippen LogP contribution in [0.15, 0.2) is 47.4 Å². The molecular formula is C19H21N3O3S2. The summed E-state index contributed by atoms with van der Waals surface area (Å²) in [7, 11) is -3.63. The van der Waals surface area contributed by atoms with Gasteiger partial charge in [-0.25, -0.2) is 18.1 Å². The van der Waals surface area contributed by atoms with Crippen molar-refractivity contribution in [2.45, 2.75) is 38.1 Å². The van der Waals surface area contributed by atoms with Crippen LogP contribution in [0.5, 0.6) is 0 Å². The summed E-state index contributed by atoms with van der Waals surface area (Å²) >= 11 is 1.24. The summed E-state index contributed by atoms with van der Waals surface area (Å²) in [6.45, 7) is 7.31. The second kappa shape index (κ2) is 7.03. The summed E-state index contributed by atoms with van der Waals surface area (Å²) in [5, 5.41) is 3.19. The molecule has 0 aliphatic rings. The van der Waals surface area contributed by atoms with Gasteiger partial charge < -0.3 is 0 Å². The van der Waals surface area contributed by atoms with E-state index in [9.17, 15) is 13.2 Å². The molecule has 0 aliphatic heterocycles. The lowest BCUT2D eigenvalue weighted by Crippen LogP contribution is -2.40. The van der Waals surface area contributed by atoms with E-state index in [0.717, 1.165) is 5.56 Å². The third-order valence-electron chi connectivity index (χ3n) is 3.64. The van der Waals surface area contributed by atoms with Crippen LogP contribution in [0.2, 0.25) is 0 Å².